The van der Waals surface area contributed by atoms with E-state index in [0.29, 0.717) is 18.0 Å². The van der Waals surface area contributed by atoms with Gasteiger partial charge in [-0.25, -0.2) is 4.39 Å². The highest BCUT2D eigenvalue weighted by atomic mass is 19.1. The van der Waals surface area contributed by atoms with Crippen LogP contribution in [0.5, 0.6) is 5.75 Å². The van der Waals surface area contributed by atoms with Crippen LogP contribution in [-0.2, 0) is 0 Å². The second-order valence-corrected chi connectivity index (χ2v) is 4.52. The van der Waals surface area contributed by atoms with Crippen molar-refractivity contribution in [2.45, 2.75) is 13.8 Å². The van der Waals surface area contributed by atoms with E-state index in [1.54, 1.807) is 6.07 Å². The lowest BCUT2D eigenvalue weighted by Gasteiger charge is -2.23. The van der Waals surface area contributed by atoms with E-state index in [-0.39, 0.29) is 17.8 Å². The van der Waals surface area contributed by atoms with Crippen molar-refractivity contribution in [3.8, 4) is 5.75 Å². The van der Waals surface area contributed by atoms with Gasteiger partial charge in [-0.3, -0.25) is 0 Å². The number of methoxy groups -OCH3 is 1. The minimum Gasteiger partial charge on any atom is -0.495 e. The van der Waals surface area contributed by atoms with E-state index in [4.69, 9.17) is 9.84 Å². The molecule has 0 amide bonds. The minimum absolute atomic E-state index is 0.0671. The highest BCUT2D eigenvalue weighted by molar-refractivity contribution is 5.56. The third kappa shape index (κ3) is 3.38. The van der Waals surface area contributed by atoms with Crippen molar-refractivity contribution in [1.82, 2.24) is 0 Å². The number of nitrogens with one attached hydrogen (secondary N) is 1. The predicted molar refractivity (Wildman–Crippen MR) is 62.3 cm³/mol. The molecule has 3 nitrogen and oxygen atoms in total. The van der Waals surface area contributed by atoms with Crippen molar-refractivity contribution in [3.63, 3.8) is 0 Å². The van der Waals surface area contributed by atoms with Crippen LogP contribution in [0.4, 0.5) is 10.1 Å². The maximum absolute atomic E-state index is 13.0. The molecule has 0 saturated heterocycles. The van der Waals surface area contributed by atoms with E-state index >= 15 is 0 Å². The standard InChI is InChI=1S/C12H18FNO2/c1-12(2,8-15)7-14-10-6-9(13)4-5-11(10)16-3/h4-6,14-15H,7-8H2,1-3H3. The second kappa shape index (κ2) is 5.16. The lowest BCUT2D eigenvalue weighted by molar-refractivity contribution is 0.170. The zero-order valence-electron chi connectivity index (χ0n) is 9.88. The van der Waals surface area contributed by atoms with Crippen molar-refractivity contribution in [2.75, 3.05) is 25.6 Å². The highest BCUT2D eigenvalue weighted by Crippen LogP contribution is 2.26. The summed E-state index contributed by atoms with van der Waals surface area (Å²) in [6.45, 7) is 4.46. The summed E-state index contributed by atoms with van der Waals surface area (Å²) in [7, 11) is 1.54. The predicted octanol–water partition coefficient (Wildman–Crippen LogP) is 2.26. The summed E-state index contributed by atoms with van der Waals surface area (Å²) in [5, 5.41) is 12.2. The van der Waals surface area contributed by atoms with Gasteiger partial charge >= 0.3 is 0 Å². The molecule has 0 bridgehead atoms. The maximum Gasteiger partial charge on any atom is 0.142 e. The Morgan fingerprint density at radius 1 is 1.44 bits per heavy atom. The van der Waals surface area contributed by atoms with Crippen molar-refractivity contribution in [3.05, 3.63) is 24.0 Å². The number of rotatable bonds is 5. The van der Waals surface area contributed by atoms with Crippen LogP contribution < -0.4 is 10.1 Å². The number of hydrogen-bond acceptors (Lipinski definition) is 3. The summed E-state index contributed by atoms with van der Waals surface area (Å²) in [6.07, 6.45) is 0. The summed E-state index contributed by atoms with van der Waals surface area (Å²) in [5.74, 6) is 0.278. The Morgan fingerprint density at radius 3 is 2.69 bits per heavy atom. The minimum atomic E-state index is -0.315. The van der Waals surface area contributed by atoms with Crippen LogP contribution in [0.1, 0.15) is 13.8 Å². The molecule has 0 aliphatic carbocycles. The Bertz CT molecular complexity index is 353. The van der Waals surface area contributed by atoms with Crippen molar-refractivity contribution >= 4 is 5.69 Å². The molecule has 0 aliphatic heterocycles. The SMILES string of the molecule is COc1ccc(F)cc1NCC(C)(C)CO. The fourth-order valence-corrected chi connectivity index (χ4v) is 1.21. The molecule has 0 aliphatic rings. The van der Waals surface area contributed by atoms with Crippen molar-refractivity contribution < 1.29 is 14.2 Å². The molecule has 0 saturated carbocycles. The molecule has 2 N–H and O–H groups in total. The molecule has 0 unspecified atom stereocenters. The molecule has 0 aromatic heterocycles. The number of halogens is 1. The van der Waals surface area contributed by atoms with Crippen LogP contribution in [0.15, 0.2) is 18.2 Å². The molecule has 1 aromatic carbocycles. The van der Waals surface area contributed by atoms with Gasteiger partial charge in [0.2, 0.25) is 0 Å². The first-order valence-corrected chi connectivity index (χ1v) is 5.17. The molecule has 0 fully saturated rings. The second-order valence-electron chi connectivity index (χ2n) is 4.52. The molecule has 0 atom stereocenters. The van der Waals surface area contributed by atoms with E-state index in [1.807, 2.05) is 13.8 Å². The Balaban J connectivity index is 2.76. The molecule has 0 radical (unpaired) electrons. The number of ether oxygens (including phenoxy) is 1. The van der Waals surface area contributed by atoms with Gasteiger partial charge < -0.3 is 15.2 Å². The quantitative estimate of drug-likeness (QED) is 0.810. The molecular weight excluding hydrogens is 209 g/mol. The van der Waals surface area contributed by atoms with Gasteiger partial charge in [-0.1, -0.05) is 13.8 Å². The monoisotopic (exact) mass is 227 g/mol. The molecule has 0 heterocycles. The van der Waals surface area contributed by atoms with Gasteiger partial charge in [0.1, 0.15) is 11.6 Å². The number of aliphatic hydroxyl groups excluding tert-OH is 1. The first kappa shape index (κ1) is 12.8. The zero-order valence-corrected chi connectivity index (χ0v) is 9.88. The molecule has 1 aromatic rings. The van der Waals surface area contributed by atoms with Crippen LogP contribution in [0.2, 0.25) is 0 Å². The average molecular weight is 227 g/mol. The summed E-state index contributed by atoms with van der Waals surface area (Å²) in [6, 6.07) is 4.30. The topological polar surface area (TPSA) is 41.5 Å². The number of anilines is 1. The van der Waals surface area contributed by atoms with Gasteiger partial charge in [0.05, 0.1) is 12.8 Å². The third-order valence-corrected chi connectivity index (χ3v) is 2.35. The number of aliphatic hydroxyl groups is 1. The van der Waals surface area contributed by atoms with E-state index < -0.39 is 0 Å². The van der Waals surface area contributed by atoms with Gasteiger partial charge in [-0.05, 0) is 12.1 Å². The largest absolute Gasteiger partial charge is 0.495 e. The lowest BCUT2D eigenvalue weighted by atomic mass is 9.95. The Morgan fingerprint density at radius 2 is 2.12 bits per heavy atom. The Labute approximate surface area is 95.2 Å². The molecule has 90 valence electrons. The maximum atomic E-state index is 13.0. The van der Waals surface area contributed by atoms with Crippen LogP contribution in [-0.4, -0.2) is 25.4 Å². The van der Waals surface area contributed by atoms with Gasteiger partial charge in [0, 0.05) is 24.6 Å². The van der Waals surface area contributed by atoms with Gasteiger partial charge in [0.15, 0.2) is 0 Å². The van der Waals surface area contributed by atoms with Crippen LogP contribution in [0.25, 0.3) is 0 Å². The summed E-state index contributed by atoms with van der Waals surface area (Å²) >= 11 is 0. The Hall–Kier alpha value is -1.29. The van der Waals surface area contributed by atoms with Gasteiger partial charge in [0.25, 0.3) is 0 Å². The third-order valence-electron chi connectivity index (χ3n) is 2.35. The molecule has 0 spiro atoms. The van der Waals surface area contributed by atoms with Gasteiger partial charge in [-0.2, -0.15) is 0 Å². The number of benzene rings is 1. The molecule has 4 heteroatoms. The highest BCUT2D eigenvalue weighted by Gasteiger charge is 2.16. The van der Waals surface area contributed by atoms with E-state index in [0.717, 1.165) is 0 Å². The fraction of sp³-hybridized carbons (Fsp3) is 0.500. The van der Waals surface area contributed by atoms with E-state index in [2.05, 4.69) is 5.32 Å². The van der Waals surface area contributed by atoms with E-state index in [9.17, 15) is 4.39 Å². The van der Waals surface area contributed by atoms with Crippen molar-refractivity contribution in [1.29, 1.82) is 0 Å². The van der Waals surface area contributed by atoms with Crippen LogP contribution in [0, 0.1) is 11.2 Å². The average Bonchev–Trinajstić information content (AvgIpc) is 2.27. The van der Waals surface area contributed by atoms with Gasteiger partial charge in [-0.15, -0.1) is 0 Å². The fourth-order valence-electron chi connectivity index (χ4n) is 1.21. The molecule has 1 rings (SSSR count). The van der Waals surface area contributed by atoms with Crippen LogP contribution in [0.3, 0.4) is 0 Å². The smallest absolute Gasteiger partial charge is 0.142 e. The zero-order chi connectivity index (χ0) is 12.2. The normalized spacial score (nSPS) is 11.3. The van der Waals surface area contributed by atoms with Crippen molar-refractivity contribution in [2.24, 2.45) is 5.41 Å². The Kier molecular flexibility index (Phi) is 4.12. The molecular formula is C12H18FNO2. The lowest BCUT2D eigenvalue weighted by Crippen LogP contribution is -2.26. The number of hydrogen-bond donors (Lipinski definition) is 2. The first-order chi connectivity index (χ1) is 7.48. The van der Waals surface area contributed by atoms with E-state index in [1.165, 1.54) is 19.2 Å². The summed E-state index contributed by atoms with van der Waals surface area (Å²) < 4.78 is 18.1. The summed E-state index contributed by atoms with van der Waals surface area (Å²) in [4.78, 5) is 0. The molecule has 16 heavy (non-hydrogen) atoms. The first-order valence-electron chi connectivity index (χ1n) is 5.17. The van der Waals surface area contributed by atoms with Crippen LogP contribution >= 0.6 is 0 Å². The summed E-state index contributed by atoms with van der Waals surface area (Å²) in [5.41, 5.74) is 0.348.